The number of pyridine rings is 1. The van der Waals surface area contributed by atoms with Crippen LogP contribution in [0.5, 0.6) is 11.5 Å². The van der Waals surface area contributed by atoms with Crippen molar-refractivity contribution in [1.82, 2.24) is 15.3 Å². The van der Waals surface area contributed by atoms with Crippen LogP contribution in [0.15, 0.2) is 79.3 Å². The minimum Gasteiger partial charge on any atom is -0.457 e. The maximum atomic E-state index is 12.3. The second kappa shape index (κ2) is 9.71. The summed E-state index contributed by atoms with van der Waals surface area (Å²) in [6.45, 7) is 7.60. The van der Waals surface area contributed by atoms with Crippen LogP contribution in [0.25, 0.3) is 11.0 Å². The lowest BCUT2D eigenvalue weighted by Gasteiger charge is -2.13. The Hall–Kier alpha value is -3.64. The van der Waals surface area contributed by atoms with E-state index in [1.54, 1.807) is 18.3 Å². The third kappa shape index (κ3) is 5.04. The molecule has 1 unspecified atom stereocenters. The molecule has 2 aromatic heterocycles. The lowest BCUT2D eigenvalue weighted by molar-refractivity contribution is -0.121. The molecule has 0 aliphatic heterocycles. The quantitative estimate of drug-likeness (QED) is 0.490. The number of nitrogens with two attached hydrogens (primary N) is 1. The molecule has 2 heterocycles. The van der Waals surface area contributed by atoms with Gasteiger partial charge in [-0.2, -0.15) is 0 Å². The van der Waals surface area contributed by atoms with Gasteiger partial charge in [-0.15, -0.1) is 0 Å². The van der Waals surface area contributed by atoms with Crippen LogP contribution in [0.1, 0.15) is 18.1 Å². The summed E-state index contributed by atoms with van der Waals surface area (Å²) in [5, 5.41) is 3.74. The second-order valence-corrected chi connectivity index (χ2v) is 6.90. The maximum Gasteiger partial charge on any atom is 0.241 e. The Labute approximate surface area is 176 Å². The van der Waals surface area contributed by atoms with E-state index in [9.17, 15) is 4.79 Å². The maximum absolute atomic E-state index is 12.3. The molecule has 3 aromatic rings. The van der Waals surface area contributed by atoms with E-state index in [4.69, 9.17) is 10.5 Å². The number of aromatic amines is 1. The summed E-state index contributed by atoms with van der Waals surface area (Å²) >= 11 is 0. The van der Waals surface area contributed by atoms with Gasteiger partial charge in [0.1, 0.15) is 17.1 Å². The first-order chi connectivity index (χ1) is 14.5. The molecule has 0 fully saturated rings. The number of amides is 1. The van der Waals surface area contributed by atoms with E-state index in [1.165, 1.54) is 0 Å². The lowest BCUT2D eigenvalue weighted by Crippen LogP contribution is -2.41. The minimum atomic E-state index is -0.673. The van der Waals surface area contributed by atoms with Crippen molar-refractivity contribution in [3.8, 4) is 11.5 Å². The number of allylic oxidation sites excluding steroid dienone is 4. The SMILES string of the molecule is C=C/C(=C\C=C/C)NC(=O)C(N)Cc1ccc(Oc2ccnc3[nH]cc(C)c23)cc1. The Bertz CT molecular complexity index is 1090. The van der Waals surface area contributed by atoms with Crippen molar-refractivity contribution >= 4 is 16.9 Å². The number of H-pyrrole nitrogens is 1. The Morgan fingerprint density at radius 1 is 1.33 bits per heavy atom. The van der Waals surface area contributed by atoms with Crippen LogP contribution in [-0.2, 0) is 11.2 Å². The van der Waals surface area contributed by atoms with Crippen molar-refractivity contribution in [3.05, 3.63) is 90.4 Å². The zero-order chi connectivity index (χ0) is 21.5. The van der Waals surface area contributed by atoms with Crippen LogP contribution < -0.4 is 15.8 Å². The van der Waals surface area contributed by atoms with Crippen LogP contribution in [0.3, 0.4) is 0 Å². The number of hydrogen-bond donors (Lipinski definition) is 3. The fraction of sp³-hybridized carbons (Fsp3) is 0.167. The summed E-state index contributed by atoms with van der Waals surface area (Å²) < 4.78 is 6.05. The largest absolute Gasteiger partial charge is 0.457 e. The second-order valence-electron chi connectivity index (χ2n) is 6.90. The predicted octanol–water partition coefficient (Wildman–Crippen LogP) is 4.30. The first-order valence-electron chi connectivity index (χ1n) is 9.73. The number of aromatic nitrogens is 2. The van der Waals surface area contributed by atoms with E-state index in [0.717, 1.165) is 27.9 Å². The zero-order valence-corrected chi connectivity index (χ0v) is 17.2. The third-order valence-electron chi connectivity index (χ3n) is 4.63. The summed E-state index contributed by atoms with van der Waals surface area (Å²) in [6.07, 6.45) is 11.1. The molecule has 6 heteroatoms. The van der Waals surface area contributed by atoms with Crippen molar-refractivity contribution < 1.29 is 9.53 Å². The molecule has 3 rings (SSSR count). The number of carbonyl (C=O) groups excluding carboxylic acids is 1. The number of fused-ring (bicyclic) bond motifs is 1. The molecule has 1 atom stereocenters. The molecule has 0 saturated carbocycles. The molecular weight excluding hydrogens is 376 g/mol. The van der Waals surface area contributed by atoms with Crippen molar-refractivity contribution in [3.63, 3.8) is 0 Å². The van der Waals surface area contributed by atoms with Crippen LogP contribution in [-0.4, -0.2) is 21.9 Å². The Balaban J connectivity index is 1.64. The normalized spacial score (nSPS) is 12.8. The van der Waals surface area contributed by atoms with Gasteiger partial charge in [0, 0.05) is 18.1 Å². The smallest absolute Gasteiger partial charge is 0.241 e. The molecule has 0 aliphatic carbocycles. The highest BCUT2D eigenvalue weighted by Gasteiger charge is 2.15. The molecule has 30 heavy (non-hydrogen) atoms. The number of carbonyl (C=O) groups is 1. The number of nitrogens with one attached hydrogen (secondary N) is 2. The highest BCUT2D eigenvalue weighted by atomic mass is 16.5. The molecule has 6 nitrogen and oxygen atoms in total. The van der Waals surface area contributed by atoms with Gasteiger partial charge in [0.05, 0.1) is 11.4 Å². The average molecular weight is 402 g/mol. The fourth-order valence-corrected chi connectivity index (χ4v) is 3.03. The number of ether oxygens (including phenoxy) is 1. The van der Waals surface area contributed by atoms with E-state index < -0.39 is 6.04 Å². The lowest BCUT2D eigenvalue weighted by atomic mass is 10.1. The topological polar surface area (TPSA) is 93.0 Å². The zero-order valence-electron chi connectivity index (χ0n) is 17.2. The summed E-state index contributed by atoms with van der Waals surface area (Å²) in [6, 6.07) is 8.73. The Morgan fingerprint density at radius 3 is 2.80 bits per heavy atom. The van der Waals surface area contributed by atoms with Gasteiger partial charge < -0.3 is 20.8 Å². The molecule has 0 radical (unpaired) electrons. The van der Waals surface area contributed by atoms with Gasteiger partial charge in [0.25, 0.3) is 0 Å². The van der Waals surface area contributed by atoms with Crippen LogP contribution >= 0.6 is 0 Å². The fourth-order valence-electron chi connectivity index (χ4n) is 3.03. The van der Waals surface area contributed by atoms with Gasteiger partial charge in [0.2, 0.25) is 5.91 Å². The molecule has 154 valence electrons. The van der Waals surface area contributed by atoms with Gasteiger partial charge in [-0.25, -0.2) is 4.98 Å². The third-order valence-corrected chi connectivity index (χ3v) is 4.63. The summed E-state index contributed by atoms with van der Waals surface area (Å²) in [5.74, 6) is 1.19. The van der Waals surface area contributed by atoms with E-state index in [-0.39, 0.29) is 5.91 Å². The average Bonchev–Trinajstić information content (AvgIpc) is 3.14. The molecule has 0 aliphatic rings. The van der Waals surface area contributed by atoms with Gasteiger partial charge in [-0.3, -0.25) is 4.79 Å². The number of benzene rings is 1. The van der Waals surface area contributed by atoms with Crippen LogP contribution in [0.4, 0.5) is 0 Å². The van der Waals surface area contributed by atoms with Gasteiger partial charge in [-0.05, 0) is 61.7 Å². The highest BCUT2D eigenvalue weighted by molar-refractivity contribution is 5.86. The number of aryl methyl sites for hydroxylation is 1. The number of rotatable bonds is 8. The Kier molecular flexibility index (Phi) is 6.83. The summed E-state index contributed by atoms with van der Waals surface area (Å²) in [4.78, 5) is 19.8. The minimum absolute atomic E-state index is 0.256. The monoisotopic (exact) mass is 402 g/mol. The van der Waals surface area contributed by atoms with Crippen LogP contribution in [0, 0.1) is 6.92 Å². The van der Waals surface area contributed by atoms with Gasteiger partial charge in [0.15, 0.2) is 0 Å². The summed E-state index contributed by atoms with van der Waals surface area (Å²) in [5.41, 5.74) is 9.50. The molecule has 4 N–H and O–H groups in total. The Morgan fingerprint density at radius 2 is 2.10 bits per heavy atom. The molecule has 1 amide bonds. The molecule has 0 bridgehead atoms. The molecular formula is C24H26N4O2. The first kappa shape index (κ1) is 21.1. The standard InChI is InChI=1S/C24H26N4O2/c1-4-6-7-18(5-2)28-24(29)20(25)14-17-8-10-19(11-9-17)30-21-12-13-26-23-22(21)16(3)15-27-23/h4-13,15,20H,2,14,25H2,1,3H3,(H,26,27)(H,28,29)/b6-4-,18-7+. The van der Waals surface area contributed by atoms with Gasteiger partial charge >= 0.3 is 0 Å². The highest BCUT2D eigenvalue weighted by Crippen LogP contribution is 2.30. The van der Waals surface area contributed by atoms with E-state index in [1.807, 2.05) is 62.5 Å². The number of hydrogen-bond acceptors (Lipinski definition) is 4. The molecule has 0 saturated heterocycles. The van der Waals surface area contributed by atoms with Crippen molar-refractivity contribution in [2.75, 3.05) is 0 Å². The van der Waals surface area contributed by atoms with E-state index in [2.05, 4.69) is 21.9 Å². The summed E-state index contributed by atoms with van der Waals surface area (Å²) in [7, 11) is 0. The first-order valence-corrected chi connectivity index (χ1v) is 9.73. The molecule has 1 aromatic carbocycles. The van der Waals surface area contributed by atoms with Crippen molar-refractivity contribution in [1.29, 1.82) is 0 Å². The van der Waals surface area contributed by atoms with Crippen molar-refractivity contribution in [2.24, 2.45) is 5.73 Å². The predicted molar refractivity (Wildman–Crippen MR) is 120 cm³/mol. The molecule has 0 spiro atoms. The van der Waals surface area contributed by atoms with Crippen molar-refractivity contribution in [2.45, 2.75) is 26.3 Å². The number of nitrogens with zero attached hydrogens (tertiary/aromatic N) is 1. The van der Waals surface area contributed by atoms with Gasteiger partial charge in [-0.1, -0.05) is 30.9 Å². The van der Waals surface area contributed by atoms with E-state index >= 15 is 0 Å². The van der Waals surface area contributed by atoms with Crippen LogP contribution in [0.2, 0.25) is 0 Å². The van der Waals surface area contributed by atoms with E-state index in [0.29, 0.717) is 17.9 Å².